The van der Waals surface area contributed by atoms with Gasteiger partial charge in [0.15, 0.2) is 0 Å². The number of nitrogens with one attached hydrogen (secondary N) is 1. The summed E-state index contributed by atoms with van der Waals surface area (Å²) < 4.78 is 5.62. The monoisotopic (exact) mass is 488 g/mol. The second-order valence-electron chi connectivity index (χ2n) is 9.68. The second-order valence-corrected chi connectivity index (χ2v) is 10.9. The van der Waals surface area contributed by atoms with Crippen LogP contribution in [0.15, 0.2) is 66.7 Å². The van der Waals surface area contributed by atoms with E-state index in [1.807, 2.05) is 94.1 Å². The Labute approximate surface area is 211 Å². The fourth-order valence-corrected chi connectivity index (χ4v) is 4.93. The van der Waals surface area contributed by atoms with E-state index in [-0.39, 0.29) is 5.91 Å². The van der Waals surface area contributed by atoms with Crippen molar-refractivity contribution < 1.29 is 14.3 Å². The first-order valence-electron chi connectivity index (χ1n) is 11.9. The van der Waals surface area contributed by atoms with Crippen LogP contribution in [0.2, 0.25) is 0 Å². The summed E-state index contributed by atoms with van der Waals surface area (Å²) in [6.45, 7) is 9.35. The van der Waals surface area contributed by atoms with E-state index in [2.05, 4.69) is 16.3 Å². The zero-order valence-corrected chi connectivity index (χ0v) is 21.6. The molecule has 0 aliphatic carbocycles. The number of amides is 1. The summed E-state index contributed by atoms with van der Waals surface area (Å²) in [7, 11) is 0. The SMILES string of the molecule is Cc1ccc(N2CCSCC2)cc1C(=O)Nc1cc(-c2ccccc2)ccc1C(=O)OC(C)(C)C. The smallest absolute Gasteiger partial charge is 0.340 e. The third kappa shape index (κ3) is 6.25. The lowest BCUT2D eigenvalue weighted by Crippen LogP contribution is -2.32. The number of hydrogen-bond acceptors (Lipinski definition) is 5. The third-order valence-electron chi connectivity index (χ3n) is 5.84. The maximum atomic E-state index is 13.5. The summed E-state index contributed by atoms with van der Waals surface area (Å²) >= 11 is 1.95. The van der Waals surface area contributed by atoms with E-state index in [0.29, 0.717) is 16.8 Å². The molecule has 1 heterocycles. The van der Waals surface area contributed by atoms with Gasteiger partial charge < -0.3 is 15.0 Å². The molecule has 0 saturated carbocycles. The molecule has 4 rings (SSSR count). The molecule has 5 nitrogen and oxygen atoms in total. The van der Waals surface area contributed by atoms with Crippen LogP contribution in [0.5, 0.6) is 0 Å². The van der Waals surface area contributed by atoms with Gasteiger partial charge in [0, 0.05) is 35.8 Å². The molecule has 0 atom stereocenters. The van der Waals surface area contributed by atoms with Gasteiger partial charge in [-0.2, -0.15) is 11.8 Å². The Kier molecular flexibility index (Phi) is 7.51. The summed E-state index contributed by atoms with van der Waals surface area (Å²) in [4.78, 5) is 28.8. The summed E-state index contributed by atoms with van der Waals surface area (Å²) in [6.07, 6.45) is 0. The number of hydrogen-bond donors (Lipinski definition) is 1. The van der Waals surface area contributed by atoms with E-state index < -0.39 is 11.6 Å². The number of esters is 1. The highest BCUT2D eigenvalue weighted by Gasteiger charge is 2.23. The molecule has 1 N–H and O–H groups in total. The highest BCUT2D eigenvalue weighted by Crippen LogP contribution is 2.29. The molecule has 1 saturated heterocycles. The maximum absolute atomic E-state index is 13.5. The van der Waals surface area contributed by atoms with Crippen LogP contribution in [0.3, 0.4) is 0 Å². The Balaban J connectivity index is 1.68. The van der Waals surface area contributed by atoms with Crippen molar-refractivity contribution in [2.75, 3.05) is 34.8 Å². The summed E-state index contributed by atoms with van der Waals surface area (Å²) in [5, 5.41) is 3.01. The van der Waals surface area contributed by atoms with E-state index >= 15 is 0 Å². The van der Waals surface area contributed by atoms with E-state index in [1.54, 1.807) is 6.07 Å². The van der Waals surface area contributed by atoms with Crippen LogP contribution in [-0.4, -0.2) is 42.1 Å². The minimum Gasteiger partial charge on any atom is -0.456 e. The molecule has 0 spiro atoms. The number of rotatable bonds is 5. The largest absolute Gasteiger partial charge is 0.456 e. The van der Waals surface area contributed by atoms with E-state index in [1.165, 1.54) is 0 Å². The molecular weight excluding hydrogens is 456 g/mol. The fraction of sp³-hybridized carbons (Fsp3) is 0.310. The van der Waals surface area contributed by atoms with Gasteiger partial charge in [0.25, 0.3) is 5.91 Å². The first-order valence-corrected chi connectivity index (χ1v) is 13.0. The number of benzene rings is 3. The van der Waals surface area contributed by atoms with Crippen LogP contribution in [-0.2, 0) is 4.74 Å². The van der Waals surface area contributed by atoms with Crippen molar-refractivity contribution in [3.8, 4) is 11.1 Å². The average Bonchev–Trinajstić information content (AvgIpc) is 2.84. The Morgan fingerprint density at radius 2 is 1.60 bits per heavy atom. The number of nitrogens with zero attached hydrogens (tertiary/aromatic N) is 1. The fourth-order valence-electron chi connectivity index (χ4n) is 4.03. The molecule has 35 heavy (non-hydrogen) atoms. The van der Waals surface area contributed by atoms with Crippen molar-refractivity contribution in [2.45, 2.75) is 33.3 Å². The molecule has 182 valence electrons. The molecule has 0 radical (unpaired) electrons. The molecule has 0 aromatic heterocycles. The number of anilines is 2. The molecule has 0 unspecified atom stereocenters. The van der Waals surface area contributed by atoms with Crippen molar-refractivity contribution in [3.05, 3.63) is 83.4 Å². The van der Waals surface area contributed by atoms with Gasteiger partial charge in [-0.3, -0.25) is 4.79 Å². The lowest BCUT2D eigenvalue weighted by Gasteiger charge is -2.29. The lowest BCUT2D eigenvalue weighted by molar-refractivity contribution is 0.00708. The van der Waals surface area contributed by atoms with E-state index in [9.17, 15) is 9.59 Å². The second kappa shape index (κ2) is 10.6. The minimum absolute atomic E-state index is 0.245. The van der Waals surface area contributed by atoms with Crippen LogP contribution in [0, 0.1) is 6.92 Å². The molecular formula is C29H32N2O3S. The maximum Gasteiger partial charge on any atom is 0.340 e. The van der Waals surface area contributed by atoms with Crippen molar-refractivity contribution in [1.29, 1.82) is 0 Å². The zero-order chi connectivity index (χ0) is 25.0. The Hall–Kier alpha value is -3.25. The van der Waals surface area contributed by atoms with Crippen LogP contribution < -0.4 is 10.2 Å². The Morgan fingerprint density at radius 1 is 0.886 bits per heavy atom. The average molecular weight is 489 g/mol. The number of carbonyl (C=O) groups excluding carboxylic acids is 2. The predicted molar refractivity (Wildman–Crippen MR) is 146 cm³/mol. The molecule has 0 bridgehead atoms. The van der Waals surface area contributed by atoms with Crippen LogP contribution >= 0.6 is 11.8 Å². The van der Waals surface area contributed by atoms with Crippen molar-refractivity contribution in [3.63, 3.8) is 0 Å². The van der Waals surface area contributed by atoms with Gasteiger partial charge in [0.05, 0.1) is 11.3 Å². The van der Waals surface area contributed by atoms with Gasteiger partial charge >= 0.3 is 5.97 Å². The van der Waals surface area contributed by atoms with Crippen LogP contribution in [0.1, 0.15) is 47.1 Å². The summed E-state index contributed by atoms with van der Waals surface area (Å²) in [6, 6.07) is 21.3. The molecule has 6 heteroatoms. The molecule has 3 aromatic carbocycles. The normalized spacial score (nSPS) is 13.9. The third-order valence-corrected chi connectivity index (χ3v) is 6.78. The molecule has 1 aliphatic heterocycles. The topological polar surface area (TPSA) is 58.6 Å². The van der Waals surface area contributed by atoms with Gasteiger partial charge in [-0.25, -0.2) is 4.79 Å². The molecule has 1 aliphatic rings. The van der Waals surface area contributed by atoms with Crippen molar-refractivity contribution in [1.82, 2.24) is 0 Å². The van der Waals surface area contributed by atoms with Crippen molar-refractivity contribution >= 4 is 35.0 Å². The van der Waals surface area contributed by atoms with Gasteiger partial charge in [0.2, 0.25) is 0 Å². The van der Waals surface area contributed by atoms with E-state index in [4.69, 9.17) is 4.74 Å². The number of aryl methyl sites for hydroxylation is 1. The van der Waals surface area contributed by atoms with Gasteiger partial charge in [-0.1, -0.05) is 42.5 Å². The van der Waals surface area contributed by atoms with Gasteiger partial charge in [-0.15, -0.1) is 0 Å². The summed E-state index contributed by atoms with van der Waals surface area (Å²) in [5.41, 5.74) is 4.56. The highest BCUT2D eigenvalue weighted by atomic mass is 32.2. The minimum atomic E-state index is -0.645. The number of carbonyl (C=O) groups is 2. The number of thioether (sulfide) groups is 1. The van der Waals surface area contributed by atoms with Crippen LogP contribution in [0.4, 0.5) is 11.4 Å². The van der Waals surface area contributed by atoms with Gasteiger partial charge in [-0.05, 0) is 68.7 Å². The summed E-state index contributed by atoms with van der Waals surface area (Å²) in [5.74, 6) is 1.46. The van der Waals surface area contributed by atoms with Gasteiger partial charge in [0.1, 0.15) is 5.60 Å². The standard InChI is InChI=1S/C29H32N2O3S/c1-20-10-12-23(31-14-16-35-17-15-31)19-25(20)27(32)30-26-18-22(21-8-6-5-7-9-21)11-13-24(26)28(33)34-29(2,3)4/h5-13,18-19H,14-17H2,1-4H3,(H,30,32). The lowest BCUT2D eigenvalue weighted by atomic mass is 10.0. The Morgan fingerprint density at radius 3 is 2.29 bits per heavy atom. The predicted octanol–water partition coefficient (Wildman–Crippen LogP) is 6.42. The molecule has 1 amide bonds. The number of ether oxygens (including phenoxy) is 1. The van der Waals surface area contributed by atoms with Crippen LogP contribution in [0.25, 0.3) is 11.1 Å². The highest BCUT2D eigenvalue weighted by molar-refractivity contribution is 7.99. The molecule has 1 fully saturated rings. The Bertz CT molecular complexity index is 1210. The van der Waals surface area contributed by atoms with E-state index in [0.717, 1.165) is 47.0 Å². The van der Waals surface area contributed by atoms with Crippen molar-refractivity contribution in [2.24, 2.45) is 0 Å². The zero-order valence-electron chi connectivity index (χ0n) is 20.8. The molecule has 3 aromatic rings. The first-order chi connectivity index (χ1) is 16.7. The quantitative estimate of drug-likeness (QED) is 0.420. The first kappa shape index (κ1) is 24.9.